The minimum absolute atomic E-state index is 0.255. The molecule has 0 fully saturated rings. The van der Waals surface area contributed by atoms with Gasteiger partial charge < -0.3 is 9.47 Å². The van der Waals surface area contributed by atoms with Crippen LogP contribution in [0.4, 0.5) is 0 Å². The van der Waals surface area contributed by atoms with Crippen LogP contribution in [0.1, 0.15) is 16.5 Å². The number of nitrogens with one attached hydrogen (secondary N) is 1. The smallest absolute Gasteiger partial charge is 0.266 e. The SMILES string of the molecule is COc1cccc(C(Cl)C(=O)NOCc2ccccc2)c1OC. The Bertz CT molecular complexity index is 648. The van der Waals surface area contributed by atoms with E-state index in [4.69, 9.17) is 25.9 Å². The van der Waals surface area contributed by atoms with Crippen LogP contribution in [0, 0.1) is 0 Å². The van der Waals surface area contributed by atoms with Crippen LogP contribution in [0.3, 0.4) is 0 Å². The molecule has 23 heavy (non-hydrogen) atoms. The number of carbonyl (C=O) groups is 1. The number of benzene rings is 2. The van der Waals surface area contributed by atoms with Crippen LogP contribution in [-0.2, 0) is 16.2 Å². The van der Waals surface area contributed by atoms with E-state index in [1.807, 2.05) is 30.3 Å². The molecule has 2 aromatic carbocycles. The fraction of sp³-hybridized carbons (Fsp3) is 0.235. The van der Waals surface area contributed by atoms with E-state index in [2.05, 4.69) is 5.48 Å². The second-order valence-corrected chi connectivity index (χ2v) is 5.12. The van der Waals surface area contributed by atoms with Gasteiger partial charge in [0.1, 0.15) is 5.38 Å². The first-order valence-corrected chi connectivity index (χ1v) is 7.41. The Morgan fingerprint density at radius 1 is 1.09 bits per heavy atom. The molecule has 0 bridgehead atoms. The van der Waals surface area contributed by atoms with Gasteiger partial charge in [-0.05, 0) is 11.6 Å². The first kappa shape index (κ1) is 17.1. The van der Waals surface area contributed by atoms with Crippen molar-refractivity contribution in [1.29, 1.82) is 0 Å². The number of halogens is 1. The van der Waals surface area contributed by atoms with Gasteiger partial charge in [-0.15, -0.1) is 11.6 Å². The molecule has 0 aliphatic heterocycles. The third-order valence-corrected chi connectivity index (χ3v) is 3.62. The molecule has 1 atom stereocenters. The largest absolute Gasteiger partial charge is 0.493 e. The molecule has 0 aliphatic carbocycles. The number of hydroxylamine groups is 1. The second kappa shape index (κ2) is 8.41. The average molecular weight is 336 g/mol. The lowest BCUT2D eigenvalue weighted by Gasteiger charge is -2.16. The molecule has 2 rings (SSSR count). The van der Waals surface area contributed by atoms with Crippen LogP contribution >= 0.6 is 11.6 Å². The molecule has 6 heteroatoms. The summed E-state index contributed by atoms with van der Waals surface area (Å²) in [5, 5.41) is -0.962. The van der Waals surface area contributed by atoms with Gasteiger partial charge in [0.2, 0.25) is 0 Å². The van der Waals surface area contributed by atoms with E-state index in [9.17, 15) is 4.79 Å². The molecule has 0 saturated carbocycles. The van der Waals surface area contributed by atoms with Crippen molar-refractivity contribution in [3.63, 3.8) is 0 Å². The summed E-state index contributed by atoms with van der Waals surface area (Å²) in [4.78, 5) is 17.3. The molecular weight excluding hydrogens is 318 g/mol. The summed E-state index contributed by atoms with van der Waals surface area (Å²) in [5.41, 5.74) is 3.80. The van der Waals surface area contributed by atoms with Crippen LogP contribution in [0.25, 0.3) is 0 Å². The highest BCUT2D eigenvalue weighted by molar-refractivity contribution is 6.30. The summed E-state index contributed by atoms with van der Waals surface area (Å²) in [5.74, 6) is 0.455. The number of hydrogen-bond donors (Lipinski definition) is 1. The Labute approximate surface area is 140 Å². The zero-order valence-corrected chi connectivity index (χ0v) is 13.7. The summed E-state index contributed by atoms with van der Waals surface area (Å²) in [6.07, 6.45) is 0. The van der Waals surface area contributed by atoms with Crippen LogP contribution in [0.5, 0.6) is 11.5 Å². The normalized spacial score (nSPS) is 11.6. The Kier molecular flexibility index (Phi) is 6.26. The summed E-state index contributed by atoms with van der Waals surface area (Å²) < 4.78 is 10.5. The predicted molar refractivity (Wildman–Crippen MR) is 87.5 cm³/mol. The number of alkyl halides is 1. The third-order valence-electron chi connectivity index (χ3n) is 3.19. The fourth-order valence-electron chi connectivity index (χ4n) is 2.07. The number of ether oxygens (including phenoxy) is 2. The van der Waals surface area contributed by atoms with Crippen molar-refractivity contribution in [2.45, 2.75) is 12.0 Å². The summed E-state index contributed by atoms with van der Waals surface area (Å²) in [6.45, 7) is 0.255. The molecule has 0 saturated heterocycles. The highest BCUT2D eigenvalue weighted by Gasteiger charge is 2.23. The summed E-state index contributed by atoms with van der Waals surface area (Å²) >= 11 is 6.22. The predicted octanol–water partition coefficient (Wildman–Crippen LogP) is 3.23. The van der Waals surface area contributed by atoms with E-state index in [1.54, 1.807) is 18.2 Å². The topological polar surface area (TPSA) is 56.8 Å². The van der Waals surface area contributed by atoms with Gasteiger partial charge in [-0.3, -0.25) is 9.63 Å². The Hall–Kier alpha value is -2.24. The summed E-state index contributed by atoms with van der Waals surface area (Å²) in [6, 6.07) is 14.7. The molecule has 0 aliphatic rings. The van der Waals surface area contributed by atoms with E-state index in [0.717, 1.165) is 5.56 Å². The third kappa shape index (κ3) is 4.37. The molecule has 5 nitrogen and oxygen atoms in total. The van der Waals surface area contributed by atoms with Crippen LogP contribution in [-0.4, -0.2) is 20.1 Å². The van der Waals surface area contributed by atoms with E-state index in [0.29, 0.717) is 17.1 Å². The van der Waals surface area contributed by atoms with Gasteiger partial charge in [0.05, 0.1) is 20.8 Å². The molecule has 0 radical (unpaired) electrons. The molecule has 0 heterocycles. The number of carbonyl (C=O) groups excluding carboxylic acids is 1. The van der Waals surface area contributed by atoms with Crippen LogP contribution in [0.2, 0.25) is 0 Å². The van der Waals surface area contributed by atoms with Crippen LogP contribution < -0.4 is 15.0 Å². The molecule has 0 spiro atoms. The van der Waals surface area contributed by atoms with Crippen molar-refractivity contribution in [2.24, 2.45) is 0 Å². The lowest BCUT2D eigenvalue weighted by Crippen LogP contribution is -2.27. The van der Waals surface area contributed by atoms with Crippen molar-refractivity contribution in [1.82, 2.24) is 5.48 Å². The monoisotopic (exact) mass is 335 g/mol. The Balaban J connectivity index is 1.99. The molecule has 0 aromatic heterocycles. The van der Waals surface area contributed by atoms with E-state index >= 15 is 0 Å². The van der Waals surface area contributed by atoms with Crippen molar-refractivity contribution in [3.05, 3.63) is 59.7 Å². The molecular formula is C17H18ClNO4. The maximum Gasteiger partial charge on any atom is 0.266 e. The zero-order chi connectivity index (χ0) is 16.7. The van der Waals surface area contributed by atoms with E-state index in [-0.39, 0.29) is 6.61 Å². The van der Waals surface area contributed by atoms with Crippen molar-refractivity contribution in [3.8, 4) is 11.5 Å². The van der Waals surface area contributed by atoms with Gasteiger partial charge in [-0.1, -0.05) is 42.5 Å². The van der Waals surface area contributed by atoms with Gasteiger partial charge >= 0.3 is 0 Å². The number of hydrogen-bond acceptors (Lipinski definition) is 4. The minimum Gasteiger partial charge on any atom is -0.493 e. The number of methoxy groups -OCH3 is 2. The maximum atomic E-state index is 12.1. The summed E-state index contributed by atoms with van der Waals surface area (Å²) in [7, 11) is 3.02. The fourth-order valence-corrected chi connectivity index (χ4v) is 2.29. The minimum atomic E-state index is -0.962. The van der Waals surface area contributed by atoms with E-state index < -0.39 is 11.3 Å². The van der Waals surface area contributed by atoms with Gasteiger partial charge in [-0.25, -0.2) is 5.48 Å². The van der Waals surface area contributed by atoms with Crippen LogP contribution in [0.15, 0.2) is 48.5 Å². The number of para-hydroxylation sites is 1. The first-order valence-electron chi connectivity index (χ1n) is 6.98. The van der Waals surface area contributed by atoms with Crippen molar-refractivity contribution >= 4 is 17.5 Å². The van der Waals surface area contributed by atoms with Crippen molar-refractivity contribution in [2.75, 3.05) is 14.2 Å². The molecule has 122 valence electrons. The van der Waals surface area contributed by atoms with Gasteiger partial charge in [-0.2, -0.15) is 0 Å². The highest BCUT2D eigenvalue weighted by atomic mass is 35.5. The first-order chi connectivity index (χ1) is 11.2. The maximum absolute atomic E-state index is 12.1. The Morgan fingerprint density at radius 3 is 2.48 bits per heavy atom. The van der Waals surface area contributed by atoms with Crippen molar-refractivity contribution < 1.29 is 19.1 Å². The number of rotatable bonds is 7. The van der Waals surface area contributed by atoms with Gasteiger partial charge in [0.25, 0.3) is 5.91 Å². The quantitative estimate of drug-likeness (QED) is 0.623. The highest BCUT2D eigenvalue weighted by Crippen LogP contribution is 2.37. The average Bonchev–Trinajstić information content (AvgIpc) is 2.61. The standard InChI is InChI=1S/C17H18ClNO4/c1-21-14-10-6-9-13(16(14)22-2)15(18)17(20)19-23-11-12-7-4-3-5-8-12/h3-10,15H,11H2,1-2H3,(H,19,20). The van der Waals surface area contributed by atoms with E-state index in [1.165, 1.54) is 14.2 Å². The molecule has 1 amide bonds. The van der Waals surface area contributed by atoms with Gasteiger partial charge in [0.15, 0.2) is 11.5 Å². The second-order valence-electron chi connectivity index (χ2n) is 4.69. The molecule has 2 aromatic rings. The zero-order valence-electron chi connectivity index (χ0n) is 12.9. The van der Waals surface area contributed by atoms with Gasteiger partial charge in [0, 0.05) is 5.56 Å². The Morgan fingerprint density at radius 2 is 1.83 bits per heavy atom. The molecule has 1 N–H and O–H groups in total. The number of amides is 1. The molecule has 1 unspecified atom stereocenters. The lowest BCUT2D eigenvalue weighted by atomic mass is 10.1. The lowest BCUT2D eigenvalue weighted by molar-refractivity contribution is -0.134.